The molecule has 0 aliphatic carbocycles. The Bertz CT molecular complexity index is 992. The molecule has 1 aliphatic heterocycles. The molecule has 0 saturated carbocycles. The third-order valence-corrected chi connectivity index (χ3v) is 5.33. The van der Waals surface area contributed by atoms with Crippen molar-refractivity contribution in [1.82, 2.24) is 35.0 Å². The summed E-state index contributed by atoms with van der Waals surface area (Å²) >= 11 is 0. The maximum Gasteiger partial charge on any atom is 0.194 e. The highest BCUT2D eigenvalue weighted by Crippen LogP contribution is 2.12. The van der Waals surface area contributed by atoms with Gasteiger partial charge in [-0.05, 0) is 38.5 Å². The van der Waals surface area contributed by atoms with E-state index in [-0.39, 0.29) is 24.0 Å². The minimum absolute atomic E-state index is 0. The van der Waals surface area contributed by atoms with Gasteiger partial charge in [-0.15, -0.1) is 24.0 Å². The van der Waals surface area contributed by atoms with E-state index in [4.69, 9.17) is 9.52 Å². The number of aromatic nitrogens is 4. The van der Waals surface area contributed by atoms with Crippen LogP contribution in [0.4, 0.5) is 0 Å². The molecule has 3 aromatic rings. The highest BCUT2D eigenvalue weighted by molar-refractivity contribution is 14.0. The van der Waals surface area contributed by atoms with Crippen LogP contribution >= 0.6 is 24.0 Å². The number of halogens is 1. The Hall–Kier alpha value is -2.47. The molecule has 0 aromatic carbocycles. The number of hydrogen-bond donors (Lipinski definition) is 1. The monoisotopic (exact) mass is 550 g/mol. The van der Waals surface area contributed by atoms with Crippen LogP contribution in [-0.4, -0.2) is 68.4 Å². The first-order valence-electron chi connectivity index (χ1n) is 10.8. The van der Waals surface area contributed by atoms with Crippen molar-refractivity contribution in [1.29, 1.82) is 0 Å². The minimum Gasteiger partial charge on any atom is -0.364 e. The summed E-state index contributed by atoms with van der Waals surface area (Å²) in [6.45, 7) is 12.2. The third kappa shape index (κ3) is 6.06. The van der Waals surface area contributed by atoms with E-state index in [9.17, 15) is 0 Å². The van der Waals surface area contributed by atoms with E-state index in [1.54, 1.807) is 6.26 Å². The standard InChI is InChI=1S/C22H30N8O.HI/c1-4-23-22(29-10-8-28(9-11-29)16-20-7-12-31-27-20)25-15-19-5-6-21(24-14-19)30-18(3)13-17(2)26-30;/h5-7,12-14H,4,8-11,15-16H2,1-3H3,(H,23,25);1H. The zero-order valence-corrected chi connectivity index (χ0v) is 21.2. The summed E-state index contributed by atoms with van der Waals surface area (Å²) in [6, 6.07) is 8.04. The number of rotatable bonds is 6. The van der Waals surface area contributed by atoms with Crippen LogP contribution in [0.2, 0.25) is 0 Å². The van der Waals surface area contributed by atoms with Gasteiger partial charge in [0.25, 0.3) is 0 Å². The molecule has 1 fully saturated rings. The predicted molar refractivity (Wildman–Crippen MR) is 134 cm³/mol. The molecule has 32 heavy (non-hydrogen) atoms. The minimum atomic E-state index is 0. The number of aliphatic imine (C=N–C) groups is 1. The fourth-order valence-corrected chi connectivity index (χ4v) is 3.75. The highest BCUT2D eigenvalue weighted by atomic mass is 127. The Morgan fingerprint density at radius 2 is 1.97 bits per heavy atom. The van der Waals surface area contributed by atoms with Crippen LogP contribution in [-0.2, 0) is 13.1 Å². The van der Waals surface area contributed by atoms with Crippen LogP contribution in [0.3, 0.4) is 0 Å². The lowest BCUT2D eigenvalue weighted by Crippen LogP contribution is -2.52. The largest absolute Gasteiger partial charge is 0.364 e. The number of aryl methyl sites for hydroxylation is 2. The summed E-state index contributed by atoms with van der Waals surface area (Å²) in [5.74, 6) is 1.78. The molecule has 1 N–H and O–H groups in total. The van der Waals surface area contributed by atoms with E-state index in [1.807, 2.05) is 42.9 Å². The van der Waals surface area contributed by atoms with Crippen molar-refractivity contribution in [2.45, 2.75) is 33.9 Å². The Morgan fingerprint density at radius 3 is 2.56 bits per heavy atom. The van der Waals surface area contributed by atoms with E-state index in [1.165, 1.54) is 0 Å². The number of nitrogens with zero attached hydrogens (tertiary/aromatic N) is 7. The maximum absolute atomic E-state index is 4.93. The lowest BCUT2D eigenvalue weighted by atomic mass is 10.3. The van der Waals surface area contributed by atoms with Crippen LogP contribution in [0.5, 0.6) is 0 Å². The van der Waals surface area contributed by atoms with Crippen LogP contribution in [0, 0.1) is 13.8 Å². The smallest absolute Gasteiger partial charge is 0.194 e. The lowest BCUT2D eigenvalue weighted by Gasteiger charge is -2.36. The van der Waals surface area contributed by atoms with Crippen molar-refractivity contribution >= 4 is 29.9 Å². The van der Waals surface area contributed by atoms with Gasteiger partial charge >= 0.3 is 0 Å². The molecule has 0 radical (unpaired) electrons. The Morgan fingerprint density at radius 1 is 1.16 bits per heavy atom. The molecule has 10 heteroatoms. The number of nitrogens with one attached hydrogen (secondary N) is 1. The van der Waals surface area contributed by atoms with Crippen LogP contribution in [0.15, 0.2) is 46.2 Å². The van der Waals surface area contributed by atoms with E-state index in [0.29, 0.717) is 6.54 Å². The van der Waals surface area contributed by atoms with Crippen molar-refractivity contribution in [2.24, 2.45) is 4.99 Å². The van der Waals surface area contributed by atoms with E-state index in [2.05, 4.69) is 43.3 Å². The third-order valence-electron chi connectivity index (χ3n) is 5.33. The molecule has 172 valence electrons. The topological polar surface area (TPSA) is 87.6 Å². The van der Waals surface area contributed by atoms with Crippen molar-refractivity contribution < 1.29 is 4.52 Å². The van der Waals surface area contributed by atoms with Crippen molar-refractivity contribution in [3.05, 3.63) is 59.4 Å². The SMILES string of the molecule is CCNC(=NCc1ccc(-n2nc(C)cc2C)nc1)N1CCN(Cc2ccon2)CC1.I. The average Bonchev–Trinajstić information content (AvgIpc) is 3.41. The summed E-state index contributed by atoms with van der Waals surface area (Å²) in [4.78, 5) is 14.1. The molecule has 0 atom stereocenters. The second-order valence-electron chi connectivity index (χ2n) is 7.79. The van der Waals surface area contributed by atoms with Crippen LogP contribution < -0.4 is 5.32 Å². The molecule has 3 aromatic heterocycles. The zero-order valence-electron chi connectivity index (χ0n) is 18.9. The molecule has 4 rings (SSSR count). The Labute approximate surface area is 205 Å². The molecule has 1 saturated heterocycles. The number of piperazine rings is 1. The van der Waals surface area contributed by atoms with Crippen molar-refractivity contribution in [3.63, 3.8) is 0 Å². The van der Waals surface area contributed by atoms with Gasteiger partial charge in [-0.3, -0.25) is 4.90 Å². The number of hydrogen-bond acceptors (Lipinski definition) is 6. The first kappa shape index (κ1) is 24.2. The van der Waals surface area contributed by atoms with Gasteiger partial charge in [-0.1, -0.05) is 11.2 Å². The molecular weight excluding hydrogens is 519 g/mol. The van der Waals surface area contributed by atoms with Gasteiger partial charge in [-0.2, -0.15) is 5.10 Å². The summed E-state index contributed by atoms with van der Waals surface area (Å²) in [5.41, 5.74) is 4.12. The predicted octanol–water partition coefficient (Wildman–Crippen LogP) is 2.77. The zero-order chi connectivity index (χ0) is 21.6. The summed E-state index contributed by atoms with van der Waals surface area (Å²) < 4.78 is 6.80. The fourth-order valence-electron chi connectivity index (χ4n) is 3.75. The molecule has 9 nitrogen and oxygen atoms in total. The van der Waals surface area contributed by atoms with E-state index < -0.39 is 0 Å². The number of pyridine rings is 1. The summed E-state index contributed by atoms with van der Waals surface area (Å²) in [6.07, 6.45) is 3.51. The second kappa shape index (κ2) is 11.4. The molecule has 0 bridgehead atoms. The highest BCUT2D eigenvalue weighted by Gasteiger charge is 2.20. The van der Waals surface area contributed by atoms with Gasteiger partial charge in [0.15, 0.2) is 11.8 Å². The molecule has 1 aliphatic rings. The maximum atomic E-state index is 4.93. The van der Waals surface area contributed by atoms with Crippen LogP contribution in [0.25, 0.3) is 5.82 Å². The van der Waals surface area contributed by atoms with Crippen molar-refractivity contribution in [2.75, 3.05) is 32.7 Å². The average molecular weight is 550 g/mol. The first-order chi connectivity index (χ1) is 15.1. The molecule has 4 heterocycles. The van der Waals surface area contributed by atoms with E-state index in [0.717, 1.165) is 73.7 Å². The van der Waals surface area contributed by atoms with Gasteiger partial charge in [-0.25, -0.2) is 14.7 Å². The lowest BCUT2D eigenvalue weighted by molar-refractivity contribution is 0.169. The van der Waals surface area contributed by atoms with E-state index >= 15 is 0 Å². The Balaban J connectivity index is 0.00000289. The van der Waals surface area contributed by atoms with Gasteiger partial charge in [0.2, 0.25) is 0 Å². The Kier molecular flexibility index (Phi) is 8.62. The second-order valence-corrected chi connectivity index (χ2v) is 7.79. The molecule has 0 unspecified atom stereocenters. The normalized spacial score (nSPS) is 15.0. The summed E-state index contributed by atoms with van der Waals surface area (Å²) in [7, 11) is 0. The summed E-state index contributed by atoms with van der Waals surface area (Å²) in [5, 5.41) is 11.9. The first-order valence-corrected chi connectivity index (χ1v) is 10.8. The van der Waals surface area contributed by atoms with Gasteiger partial charge in [0.05, 0.1) is 17.9 Å². The molecule has 0 amide bonds. The fraction of sp³-hybridized carbons (Fsp3) is 0.455. The van der Waals surface area contributed by atoms with Crippen molar-refractivity contribution in [3.8, 4) is 5.82 Å². The molecule has 0 spiro atoms. The van der Waals surface area contributed by atoms with Gasteiger partial charge in [0, 0.05) is 57.2 Å². The van der Waals surface area contributed by atoms with Gasteiger partial charge < -0.3 is 14.7 Å². The molecular formula is C22H31IN8O. The van der Waals surface area contributed by atoms with Crippen LogP contribution in [0.1, 0.15) is 29.6 Å². The van der Waals surface area contributed by atoms with Gasteiger partial charge in [0.1, 0.15) is 6.26 Å². The quantitative estimate of drug-likeness (QED) is 0.287. The number of guanidine groups is 1.